The number of nitriles is 2. The highest BCUT2D eigenvalue weighted by atomic mass is 16.6. The normalized spacial score (nSPS) is 29.7. The van der Waals surface area contributed by atoms with Gasteiger partial charge in [-0.2, -0.15) is 15.5 Å². The number of hydrogen-bond donors (Lipinski definition) is 1. The smallest absolute Gasteiger partial charge is 0.414 e. The summed E-state index contributed by atoms with van der Waals surface area (Å²) in [4.78, 5) is 30.7. The molecule has 30 heavy (non-hydrogen) atoms. The Hall–Kier alpha value is -3.59. The molecule has 1 aromatic carbocycles. The van der Waals surface area contributed by atoms with Gasteiger partial charge in [-0.15, -0.1) is 0 Å². The Balaban J connectivity index is 1.49. The van der Waals surface area contributed by atoms with Gasteiger partial charge in [-0.1, -0.05) is 12.1 Å². The number of carbonyl (C=O) groups is 2. The summed E-state index contributed by atoms with van der Waals surface area (Å²) >= 11 is 0. The maximum atomic E-state index is 12.2. The number of anilines is 1. The largest absolute Gasteiger partial charge is 0.442 e. The van der Waals surface area contributed by atoms with Gasteiger partial charge in [-0.25, -0.2) is 4.79 Å². The second-order valence-electron chi connectivity index (χ2n) is 7.99. The van der Waals surface area contributed by atoms with Gasteiger partial charge in [0, 0.05) is 37.0 Å². The van der Waals surface area contributed by atoms with Gasteiger partial charge < -0.3 is 15.0 Å². The van der Waals surface area contributed by atoms with E-state index >= 15 is 0 Å². The Kier molecular flexibility index (Phi) is 4.83. The minimum Gasteiger partial charge on any atom is -0.442 e. The Morgan fingerprint density at radius 2 is 2.03 bits per heavy atom. The van der Waals surface area contributed by atoms with Crippen LogP contribution in [0.4, 0.5) is 10.5 Å². The topological polar surface area (TPSA) is 122 Å². The number of nitrogens with one attached hydrogen (secondary N) is 1. The monoisotopic (exact) mass is 406 g/mol. The Morgan fingerprint density at radius 1 is 1.30 bits per heavy atom. The number of amides is 2. The van der Waals surface area contributed by atoms with E-state index in [2.05, 4.69) is 21.3 Å². The van der Waals surface area contributed by atoms with Gasteiger partial charge in [0.1, 0.15) is 11.9 Å². The maximum Gasteiger partial charge on any atom is 0.414 e. The number of rotatable bonds is 4. The standard InChI is InChI=1S/C21H22N6O3/c1-13(25-12-23)26-10-19-18(7-22)21(19,11-26)15-3-5-16(6-4-15)27-9-17(30-20(27)29)8-24-14(2)28/h3-6,17-19H,8-11H2,1-2H3,(H,24,28)/t17-,18+,19-,21-/m0/s1. The first-order chi connectivity index (χ1) is 14.4. The SMILES string of the molecule is CC(=O)NC[C@H]1CN(c2ccc([C@]34CN(C(C)=NC#N)C[C@H]3[C@H]4C#N)cc2)C(=O)O1. The van der Waals surface area contributed by atoms with E-state index in [4.69, 9.17) is 10.00 Å². The van der Waals surface area contributed by atoms with E-state index in [-0.39, 0.29) is 35.8 Å². The van der Waals surface area contributed by atoms with Crippen LogP contribution in [0, 0.1) is 34.6 Å². The lowest BCUT2D eigenvalue weighted by molar-refractivity contribution is -0.119. The zero-order chi connectivity index (χ0) is 21.5. The van der Waals surface area contributed by atoms with Crippen molar-refractivity contribution in [1.29, 1.82) is 10.5 Å². The van der Waals surface area contributed by atoms with Crippen LogP contribution >= 0.6 is 0 Å². The van der Waals surface area contributed by atoms with Crippen LogP contribution in [-0.2, 0) is 14.9 Å². The molecule has 4 atom stereocenters. The van der Waals surface area contributed by atoms with Crippen LogP contribution in [0.25, 0.3) is 0 Å². The molecule has 0 radical (unpaired) electrons. The molecule has 9 heteroatoms. The van der Waals surface area contributed by atoms with Gasteiger partial charge in [0.25, 0.3) is 0 Å². The van der Waals surface area contributed by atoms with E-state index in [1.54, 1.807) is 4.90 Å². The number of aliphatic imine (C=N–C) groups is 1. The average molecular weight is 406 g/mol. The first-order valence-electron chi connectivity index (χ1n) is 9.81. The van der Waals surface area contributed by atoms with Gasteiger partial charge >= 0.3 is 6.09 Å². The molecule has 0 unspecified atom stereocenters. The van der Waals surface area contributed by atoms with Crippen molar-refractivity contribution >= 4 is 23.5 Å². The number of nitrogens with zero attached hydrogens (tertiary/aromatic N) is 5. The Labute approximate surface area is 174 Å². The summed E-state index contributed by atoms with van der Waals surface area (Å²) in [5, 5.41) is 21.1. The van der Waals surface area contributed by atoms with Crippen molar-refractivity contribution in [3.8, 4) is 12.3 Å². The lowest BCUT2D eigenvalue weighted by atomic mass is 9.92. The van der Waals surface area contributed by atoms with Crippen LogP contribution < -0.4 is 10.2 Å². The molecular weight excluding hydrogens is 384 g/mol. The minimum absolute atomic E-state index is 0.0618. The summed E-state index contributed by atoms with van der Waals surface area (Å²) < 4.78 is 5.32. The van der Waals surface area contributed by atoms with Crippen LogP contribution in [0.2, 0.25) is 0 Å². The van der Waals surface area contributed by atoms with Crippen LogP contribution in [0.3, 0.4) is 0 Å². The van der Waals surface area contributed by atoms with Gasteiger partial charge in [0.15, 0.2) is 0 Å². The average Bonchev–Trinajstić information content (AvgIpc) is 3.01. The van der Waals surface area contributed by atoms with E-state index in [1.165, 1.54) is 6.92 Å². The molecule has 3 fully saturated rings. The Morgan fingerprint density at radius 3 is 2.67 bits per heavy atom. The molecule has 2 heterocycles. The molecule has 1 saturated carbocycles. The number of amidine groups is 1. The molecule has 4 rings (SSSR count). The third-order valence-corrected chi connectivity index (χ3v) is 6.36. The molecule has 3 aliphatic rings. The number of piperidine rings is 1. The molecule has 0 spiro atoms. The highest BCUT2D eigenvalue weighted by molar-refractivity contribution is 5.90. The van der Waals surface area contributed by atoms with Crippen LogP contribution in [-0.4, -0.2) is 55.0 Å². The molecule has 1 aromatic rings. The van der Waals surface area contributed by atoms with Crippen molar-refractivity contribution < 1.29 is 14.3 Å². The summed E-state index contributed by atoms with van der Waals surface area (Å²) in [5.41, 5.74) is 1.50. The summed E-state index contributed by atoms with van der Waals surface area (Å²) in [6.07, 6.45) is 0.995. The van der Waals surface area contributed by atoms with Crippen molar-refractivity contribution in [1.82, 2.24) is 10.2 Å². The third-order valence-electron chi connectivity index (χ3n) is 6.36. The van der Waals surface area contributed by atoms with Crippen molar-refractivity contribution in [2.24, 2.45) is 16.8 Å². The van der Waals surface area contributed by atoms with E-state index in [0.717, 1.165) is 5.56 Å². The molecule has 1 N–H and O–H groups in total. The number of ether oxygens (including phenoxy) is 1. The first-order valence-corrected chi connectivity index (χ1v) is 9.81. The number of likely N-dealkylation sites (tertiary alicyclic amines) is 1. The van der Waals surface area contributed by atoms with Crippen molar-refractivity contribution in [3.05, 3.63) is 29.8 Å². The van der Waals surface area contributed by atoms with E-state index < -0.39 is 6.09 Å². The second-order valence-corrected chi connectivity index (χ2v) is 7.99. The number of fused-ring (bicyclic) bond motifs is 1. The molecule has 2 saturated heterocycles. The molecular formula is C21H22N6O3. The van der Waals surface area contributed by atoms with Crippen LogP contribution in [0.15, 0.2) is 29.3 Å². The predicted molar refractivity (Wildman–Crippen MR) is 107 cm³/mol. The van der Waals surface area contributed by atoms with Gasteiger partial charge in [0.2, 0.25) is 12.1 Å². The van der Waals surface area contributed by atoms with Gasteiger partial charge in [-0.05, 0) is 24.6 Å². The number of benzene rings is 1. The van der Waals surface area contributed by atoms with E-state index in [0.29, 0.717) is 31.2 Å². The van der Waals surface area contributed by atoms with Crippen LogP contribution in [0.1, 0.15) is 19.4 Å². The minimum atomic E-state index is -0.439. The quantitative estimate of drug-likeness (QED) is 0.458. The Bertz CT molecular complexity index is 991. The number of hydrogen-bond acceptors (Lipinski definition) is 6. The van der Waals surface area contributed by atoms with Crippen LogP contribution in [0.5, 0.6) is 0 Å². The summed E-state index contributed by atoms with van der Waals surface area (Å²) in [7, 11) is 0. The summed E-state index contributed by atoms with van der Waals surface area (Å²) in [6, 6.07) is 10.1. The molecule has 154 valence electrons. The third kappa shape index (κ3) is 3.13. The predicted octanol–water partition coefficient (Wildman–Crippen LogP) is 1.37. The summed E-state index contributed by atoms with van der Waals surface area (Å²) in [5.74, 6) is 0.645. The summed E-state index contributed by atoms with van der Waals surface area (Å²) in [6.45, 7) is 5.23. The highest BCUT2D eigenvalue weighted by Crippen LogP contribution is 2.63. The molecule has 9 nitrogen and oxygen atoms in total. The first kappa shape index (κ1) is 19.7. The molecule has 2 aliphatic heterocycles. The van der Waals surface area contributed by atoms with Gasteiger partial charge in [-0.3, -0.25) is 9.69 Å². The second kappa shape index (κ2) is 7.34. The molecule has 2 amide bonds. The van der Waals surface area contributed by atoms with Crippen molar-refractivity contribution in [2.75, 3.05) is 31.1 Å². The van der Waals surface area contributed by atoms with E-state index in [1.807, 2.05) is 37.4 Å². The zero-order valence-electron chi connectivity index (χ0n) is 16.8. The fourth-order valence-corrected chi connectivity index (χ4v) is 4.75. The van der Waals surface area contributed by atoms with E-state index in [9.17, 15) is 14.9 Å². The lowest BCUT2D eigenvalue weighted by Gasteiger charge is -2.23. The molecule has 0 aromatic heterocycles. The zero-order valence-corrected chi connectivity index (χ0v) is 16.8. The lowest BCUT2D eigenvalue weighted by Crippen LogP contribution is -2.33. The molecule has 1 aliphatic carbocycles. The van der Waals surface area contributed by atoms with Crippen molar-refractivity contribution in [3.63, 3.8) is 0 Å². The van der Waals surface area contributed by atoms with Crippen molar-refractivity contribution in [2.45, 2.75) is 25.4 Å². The fraction of sp³-hybridized carbons (Fsp3) is 0.476. The number of cyclic esters (lactones) is 1. The highest BCUT2D eigenvalue weighted by Gasteiger charge is 2.70. The maximum absolute atomic E-state index is 12.2. The fourth-order valence-electron chi connectivity index (χ4n) is 4.75. The molecule has 0 bridgehead atoms. The van der Waals surface area contributed by atoms with Gasteiger partial charge in [0.05, 0.1) is 25.1 Å². The number of carbonyl (C=O) groups excluding carboxylic acids is 2.